The van der Waals surface area contributed by atoms with Crippen LogP contribution in [0.3, 0.4) is 0 Å². The molecule has 0 fully saturated rings. The van der Waals surface area contributed by atoms with Gasteiger partial charge in [-0.15, -0.1) is 0 Å². The lowest BCUT2D eigenvalue weighted by molar-refractivity contribution is 0.900. The third-order valence-electron chi connectivity index (χ3n) is 3.17. The largest absolute Gasteiger partial charge is 0.399 e. The molecule has 30 heavy (non-hydrogen) atoms. The Bertz CT molecular complexity index is 716. The van der Waals surface area contributed by atoms with Crippen molar-refractivity contribution in [3.8, 4) is 0 Å². The second kappa shape index (κ2) is 22.1. The van der Waals surface area contributed by atoms with Gasteiger partial charge < -0.3 is 16.5 Å². The van der Waals surface area contributed by atoms with Gasteiger partial charge in [-0.25, -0.2) is 0 Å². The molecule has 0 aliphatic carbocycles. The number of hydrogen-bond acceptors (Lipinski definition) is 5. The maximum atomic E-state index is 7.23. The molecule has 0 spiro atoms. The number of anilines is 2. The van der Waals surface area contributed by atoms with Crippen molar-refractivity contribution in [2.75, 3.05) is 25.1 Å². The van der Waals surface area contributed by atoms with E-state index in [9.17, 15) is 0 Å². The zero-order valence-electron chi connectivity index (χ0n) is 19.0. The number of benzene rings is 3. The van der Waals surface area contributed by atoms with Crippen molar-refractivity contribution in [3.05, 3.63) is 96.6 Å². The zero-order chi connectivity index (χ0) is 23.0. The van der Waals surface area contributed by atoms with Crippen LogP contribution in [0.4, 0.5) is 11.4 Å². The van der Waals surface area contributed by atoms with E-state index in [0.29, 0.717) is 5.71 Å². The molecule has 5 nitrogen and oxygen atoms in total. The molecule has 3 rings (SSSR count). The fourth-order valence-corrected chi connectivity index (χ4v) is 1.96. The quantitative estimate of drug-likeness (QED) is 0.174. The Labute approximate surface area is 183 Å². The van der Waals surface area contributed by atoms with E-state index in [0.717, 1.165) is 17.8 Å². The average molecular weight is 410 g/mol. The minimum absolute atomic E-state index is 0.714. The second-order valence-electron chi connectivity index (χ2n) is 5.76. The first-order valence-electron chi connectivity index (χ1n) is 10.0. The van der Waals surface area contributed by atoms with Crippen molar-refractivity contribution in [3.63, 3.8) is 0 Å². The lowest BCUT2D eigenvalue weighted by Crippen LogP contribution is -2.13. The number of hydrogen-bond donors (Lipinski definition) is 5. The summed E-state index contributed by atoms with van der Waals surface area (Å²) in [5.74, 6) is 4.60. The summed E-state index contributed by atoms with van der Waals surface area (Å²) in [5, 5.41) is 10.3. The lowest BCUT2D eigenvalue weighted by atomic mass is 10.1. The first-order valence-corrected chi connectivity index (χ1v) is 10.0. The lowest BCUT2D eigenvalue weighted by Gasteiger charge is -1.95. The first kappa shape index (κ1) is 29.1. The van der Waals surface area contributed by atoms with Gasteiger partial charge in [0.1, 0.15) is 0 Å². The molecule has 0 amide bonds. The van der Waals surface area contributed by atoms with Crippen molar-refractivity contribution in [2.24, 2.45) is 5.84 Å². The fourth-order valence-electron chi connectivity index (χ4n) is 1.96. The third-order valence-corrected chi connectivity index (χ3v) is 3.17. The van der Waals surface area contributed by atoms with E-state index in [2.05, 4.69) is 16.6 Å². The fraction of sp³-hybridized carbons (Fsp3) is 0.240. The second-order valence-corrected chi connectivity index (χ2v) is 5.76. The Hall–Kier alpha value is -3.15. The first-order chi connectivity index (χ1) is 14.5. The summed E-state index contributed by atoms with van der Waals surface area (Å²) < 4.78 is 0. The summed E-state index contributed by atoms with van der Waals surface area (Å²) in [7, 11) is 3.56. The monoisotopic (exact) mass is 409 g/mol. The summed E-state index contributed by atoms with van der Waals surface area (Å²) in [6.07, 6.45) is 0.779. The van der Waals surface area contributed by atoms with Crippen LogP contribution in [-0.4, -0.2) is 19.8 Å². The van der Waals surface area contributed by atoms with Crippen LogP contribution >= 0.6 is 0 Å². The van der Waals surface area contributed by atoms with Crippen LogP contribution in [0.2, 0.25) is 0 Å². The Kier molecular flexibility index (Phi) is 21.4. The highest BCUT2D eigenvalue weighted by Gasteiger charge is 1.90. The van der Waals surface area contributed by atoms with Crippen molar-refractivity contribution >= 4 is 17.1 Å². The maximum absolute atomic E-state index is 7.23. The molecule has 5 heteroatoms. The SMILES string of the molecule is CC.CC(=N)Cc1ccccc1.CNN.CNc1ccccc1.Nc1ccccc1. The highest BCUT2D eigenvalue weighted by Crippen LogP contribution is 2.01. The van der Waals surface area contributed by atoms with Gasteiger partial charge >= 0.3 is 0 Å². The van der Waals surface area contributed by atoms with E-state index in [1.165, 1.54) is 5.56 Å². The molecule has 7 N–H and O–H groups in total. The van der Waals surface area contributed by atoms with Crippen LogP contribution in [0.1, 0.15) is 26.3 Å². The summed E-state index contributed by atoms with van der Waals surface area (Å²) in [5.41, 5.74) is 11.5. The standard InChI is InChI=1S/C9H11N.C7H9N.C6H7N.C2H6.CH6N2/c1-8(10)7-9-5-3-2-4-6-9;1-8-7-5-3-2-4-6-7;7-6-4-2-1-3-5-6;1-2;1-3-2/h2-6,10H,7H2,1H3;2-6,8H,1H3;1-5H,7H2;1-2H3;3H,2H2,1H3. The molecular weight excluding hydrogens is 370 g/mol. The Morgan fingerprint density at radius 3 is 1.40 bits per heavy atom. The topological polar surface area (TPSA) is 100.0 Å². The van der Waals surface area contributed by atoms with Gasteiger partial charge in [0.05, 0.1) is 0 Å². The molecule has 0 unspecified atom stereocenters. The van der Waals surface area contributed by atoms with Gasteiger partial charge in [-0.05, 0) is 43.8 Å². The average Bonchev–Trinajstić information content (AvgIpc) is 2.78. The molecular formula is C25H39N5. The molecule has 164 valence electrons. The van der Waals surface area contributed by atoms with Gasteiger partial charge in [0.15, 0.2) is 0 Å². The number of para-hydroxylation sites is 2. The van der Waals surface area contributed by atoms with Crippen LogP contribution in [0, 0.1) is 5.41 Å². The molecule has 0 bridgehead atoms. The third kappa shape index (κ3) is 19.6. The summed E-state index contributed by atoms with van der Waals surface area (Å²) >= 11 is 0. The molecule has 3 aromatic rings. The molecule has 0 atom stereocenters. The Morgan fingerprint density at radius 2 is 1.13 bits per heavy atom. The van der Waals surface area contributed by atoms with Gasteiger partial charge in [0.2, 0.25) is 0 Å². The van der Waals surface area contributed by atoms with Crippen molar-refractivity contribution in [1.29, 1.82) is 5.41 Å². The molecule has 0 radical (unpaired) electrons. The summed E-state index contributed by atoms with van der Waals surface area (Å²) in [6.45, 7) is 5.83. The number of nitrogen functional groups attached to an aromatic ring is 1. The van der Waals surface area contributed by atoms with E-state index < -0.39 is 0 Å². The van der Waals surface area contributed by atoms with Gasteiger partial charge in [-0.3, -0.25) is 11.3 Å². The molecule has 0 aliphatic heterocycles. The van der Waals surface area contributed by atoms with Crippen LogP contribution in [0.5, 0.6) is 0 Å². The highest BCUT2D eigenvalue weighted by molar-refractivity contribution is 5.80. The Morgan fingerprint density at radius 1 is 0.767 bits per heavy atom. The smallest absolute Gasteiger partial charge is 0.0337 e. The molecule has 0 heterocycles. The van der Waals surface area contributed by atoms with E-state index in [1.807, 2.05) is 119 Å². The van der Waals surface area contributed by atoms with Gasteiger partial charge in [0, 0.05) is 30.6 Å². The minimum Gasteiger partial charge on any atom is -0.399 e. The zero-order valence-corrected chi connectivity index (χ0v) is 19.0. The molecule has 0 saturated carbocycles. The maximum Gasteiger partial charge on any atom is 0.0337 e. The highest BCUT2D eigenvalue weighted by atomic mass is 15.2. The number of nitrogens with one attached hydrogen (secondary N) is 3. The van der Waals surface area contributed by atoms with Gasteiger partial charge in [-0.2, -0.15) is 0 Å². The van der Waals surface area contributed by atoms with Crippen LogP contribution in [0.25, 0.3) is 0 Å². The summed E-state index contributed by atoms with van der Waals surface area (Å²) in [4.78, 5) is 0. The van der Waals surface area contributed by atoms with Crippen molar-refractivity contribution < 1.29 is 0 Å². The van der Waals surface area contributed by atoms with E-state index >= 15 is 0 Å². The van der Waals surface area contributed by atoms with Crippen LogP contribution in [0.15, 0.2) is 91.0 Å². The van der Waals surface area contributed by atoms with E-state index in [4.69, 9.17) is 11.1 Å². The molecule has 0 aromatic heterocycles. The molecule has 0 saturated heterocycles. The van der Waals surface area contributed by atoms with E-state index in [-0.39, 0.29) is 0 Å². The van der Waals surface area contributed by atoms with Gasteiger partial charge in [0.25, 0.3) is 0 Å². The number of rotatable bonds is 3. The van der Waals surface area contributed by atoms with E-state index in [1.54, 1.807) is 7.05 Å². The minimum atomic E-state index is 0.714. The van der Waals surface area contributed by atoms with Gasteiger partial charge in [-0.1, -0.05) is 80.6 Å². The normalized spacial score (nSPS) is 8.20. The Balaban J connectivity index is 0. The predicted molar refractivity (Wildman–Crippen MR) is 135 cm³/mol. The van der Waals surface area contributed by atoms with Crippen molar-refractivity contribution in [1.82, 2.24) is 5.43 Å². The number of hydrazine groups is 1. The molecule has 3 aromatic carbocycles. The van der Waals surface area contributed by atoms with Crippen molar-refractivity contribution in [2.45, 2.75) is 27.2 Å². The van der Waals surface area contributed by atoms with Crippen LogP contribution in [-0.2, 0) is 6.42 Å². The van der Waals surface area contributed by atoms with Crippen LogP contribution < -0.4 is 22.3 Å². The predicted octanol–water partition coefficient (Wildman–Crippen LogP) is 5.37. The number of nitrogens with two attached hydrogens (primary N) is 2. The summed E-state index contributed by atoms with van der Waals surface area (Å²) in [6, 6.07) is 29.6. The molecule has 0 aliphatic rings.